The summed E-state index contributed by atoms with van der Waals surface area (Å²) in [4.78, 5) is 0. The second kappa shape index (κ2) is 5.55. The van der Waals surface area contributed by atoms with Gasteiger partial charge in [-0.15, -0.1) is 0 Å². The van der Waals surface area contributed by atoms with Gasteiger partial charge in [0.05, 0.1) is 5.02 Å². The van der Waals surface area contributed by atoms with Gasteiger partial charge in [0.2, 0.25) is 0 Å². The van der Waals surface area contributed by atoms with E-state index >= 15 is 0 Å². The van der Waals surface area contributed by atoms with Crippen molar-refractivity contribution in [2.45, 2.75) is 25.8 Å². The van der Waals surface area contributed by atoms with Crippen LogP contribution in [0.15, 0.2) is 24.4 Å². The lowest BCUT2D eigenvalue weighted by atomic mass is 9.94. The van der Waals surface area contributed by atoms with Crippen molar-refractivity contribution in [1.82, 2.24) is 9.88 Å². The van der Waals surface area contributed by atoms with Gasteiger partial charge in [0.25, 0.3) is 0 Å². The first-order chi connectivity index (χ1) is 7.75. The minimum atomic E-state index is 0.806. The fourth-order valence-electron chi connectivity index (χ4n) is 2.19. The number of rotatable bonds is 4. The molecule has 3 heteroatoms. The van der Waals surface area contributed by atoms with Gasteiger partial charge in [0, 0.05) is 25.5 Å². The van der Waals surface area contributed by atoms with Crippen LogP contribution in [0.2, 0.25) is 5.02 Å². The van der Waals surface area contributed by atoms with Crippen LogP contribution in [0.1, 0.15) is 25.0 Å². The van der Waals surface area contributed by atoms with E-state index in [1.807, 2.05) is 19.3 Å². The highest BCUT2D eigenvalue weighted by atomic mass is 35.5. The van der Waals surface area contributed by atoms with Crippen LogP contribution in [0.3, 0.4) is 0 Å². The van der Waals surface area contributed by atoms with Crippen LogP contribution in [0, 0.1) is 5.92 Å². The van der Waals surface area contributed by atoms with Gasteiger partial charge in [-0.1, -0.05) is 23.8 Å². The molecule has 2 rings (SSSR count). The van der Waals surface area contributed by atoms with Crippen LogP contribution < -0.4 is 5.32 Å². The molecule has 1 heterocycles. The molecule has 1 aliphatic carbocycles. The Bertz CT molecular complexity index is 368. The third kappa shape index (κ3) is 3.13. The van der Waals surface area contributed by atoms with Crippen molar-refractivity contribution in [3.8, 4) is 0 Å². The molecule has 0 radical (unpaired) electrons. The Labute approximate surface area is 102 Å². The first kappa shape index (κ1) is 11.7. The number of hydrogen-bond acceptors (Lipinski definition) is 1. The van der Waals surface area contributed by atoms with Crippen molar-refractivity contribution < 1.29 is 0 Å². The summed E-state index contributed by atoms with van der Waals surface area (Å²) in [7, 11) is 2.03. The summed E-state index contributed by atoms with van der Waals surface area (Å²) >= 11 is 5.94. The van der Waals surface area contributed by atoms with Crippen LogP contribution in [-0.4, -0.2) is 11.1 Å². The smallest absolute Gasteiger partial charge is 0.0585 e. The zero-order valence-electron chi connectivity index (χ0n) is 9.75. The summed E-state index contributed by atoms with van der Waals surface area (Å²) in [5.41, 5.74) is 1.25. The van der Waals surface area contributed by atoms with Crippen molar-refractivity contribution in [2.75, 3.05) is 6.54 Å². The van der Waals surface area contributed by atoms with Gasteiger partial charge in [-0.2, -0.15) is 0 Å². The van der Waals surface area contributed by atoms with E-state index < -0.39 is 0 Å². The predicted octanol–water partition coefficient (Wildman–Crippen LogP) is 3.12. The molecule has 0 spiro atoms. The Hall–Kier alpha value is -0.730. The first-order valence-electron chi connectivity index (χ1n) is 5.92. The molecule has 0 saturated heterocycles. The van der Waals surface area contributed by atoms with Gasteiger partial charge in [-0.3, -0.25) is 0 Å². The summed E-state index contributed by atoms with van der Waals surface area (Å²) in [5.74, 6) is 0.806. The normalized spacial score (nSPS) is 20.2. The van der Waals surface area contributed by atoms with E-state index in [4.69, 9.17) is 11.6 Å². The fraction of sp³-hybridized carbons (Fsp3) is 0.538. The minimum absolute atomic E-state index is 0.806. The van der Waals surface area contributed by atoms with Gasteiger partial charge in [0.15, 0.2) is 0 Å². The van der Waals surface area contributed by atoms with Crippen molar-refractivity contribution >= 4 is 11.6 Å². The van der Waals surface area contributed by atoms with Crippen LogP contribution in [0.5, 0.6) is 0 Å². The molecule has 1 aromatic heterocycles. The number of halogens is 1. The molecule has 0 fully saturated rings. The molecule has 88 valence electrons. The molecule has 0 saturated carbocycles. The third-order valence-electron chi connectivity index (χ3n) is 3.19. The molecule has 16 heavy (non-hydrogen) atoms. The van der Waals surface area contributed by atoms with E-state index in [9.17, 15) is 0 Å². The van der Waals surface area contributed by atoms with Crippen LogP contribution in [0.4, 0.5) is 0 Å². The lowest BCUT2D eigenvalue weighted by molar-refractivity contribution is 0.437. The van der Waals surface area contributed by atoms with Crippen LogP contribution >= 0.6 is 11.6 Å². The summed E-state index contributed by atoms with van der Waals surface area (Å²) in [6.45, 7) is 2.01. The van der Waals surface area contributed by atoms with E-state index in [-0.39, 0.29) is 0 Å². The predicted molar refractivity (Wildman–Crippen MR) is 68.6 cm³/mol. The third-order valence-corrected chi connectivity index (χ3v) is 3.40. The molecule has 1 aliphatic rings. The monoisotopic (exact) mass is 238 g/mol. The van der Waals surface area contributed by atoms with Gasteiger partial charge in [-0.05, 0) is 37.8 Å². The maximum atomic E-state index is 5.94. The SMILES string of the molecule is Cn1cc(Cl)cc1CNCC1CC=CCC1. The Morgan fingerprint density at radius 3 is 3.00 bits per heavy atom. The van der Waals surface area contributed by atoms with Gasteiger partial charge < -0.3 is 9.88 Å². The topological polar surface area (TPSA) is 17.0 Å². The molecule has 0 amide bonds. The number of nitrogens with zero attached hydrogens (tertiary/aromatic N) is 1. The molecule has 0 aliphatic heterocycles. The van der Waals surface area contributed by atoms with Gasteiger partial charge in [-0.25, -0.2) is 0 Å². The average molecular weight is 239 g/mol. The van der Waals surface area contributed by atoms with E-state index in [1.165, 1.54) is 25.0 Å². The van der Waals surface area contributed by atoms with Gasteiger partial charge >= 0.3 is 0 Å². The lowest BCUT2D eigenvalue weighted by Crippen LogP contribution is -2.23. The molecular weight excluding hydrogens is 220 g/mol. The summed E-state index contributed by atoms with van der Waals surface area (Å²) in [5, 5.41) is 4.33. The maximum Gasteiger partial charge on any atom is 0.0585 e. The molecule has 0 bridgehead atoms. The summed E-state index contributed by atoms with van der Waals surface area (Å²) in [6.07, 6.45) is 10.3. The maximum absolute atomic E-state index is 5.94. The van der Waals surface area contributed by atoms with Crippen molar-refractivity contribution in [3.63, 3.8) is 0 Å². The standard InChI is InChI=1S/C13H19ClN2/c1-16-10-12(14)7-13(16)9-15-8-11-5-3-2-4-6-11/h2-3,7,10-11,15H,4-6,8-9H2,1H3. The quantitative estimate of drug-likeness (QED) is 0.798. The summed E-state index contributed by atoms with van der Waals surface area (Å²) < 4.78 is 2.08. The van der Waals surface area contributed by atoms with E-state index in [2.05, 4.69) is 22.0 Å². The molecule has 2 nitrogen and oxygen atoms in total. The number of aromatic nitrogens is 1. The molecule has 1 N–H and O–H groups in total. The zero-order valence-corrected chi connectivity index (χ0v) is 10.5. The molecule has 1 unspecified atom stereocenters. The van der Waals surface area contributed by atoms with E-state index in [0.717, 1.165) is 24.0 Å². The van der Waals surface area contributed by atoms with Crippen LogP contribution in [-0.2, 0) is 13.6 Å². The van der Waals surface area contributed by atoms with E-state index in [1.54, 1.807) is 0 Å². The highest BCUT2D eigenvalue weighted by Gasteiger charge is 2.09. The Kier molecular flexibility index (Phi) is 4.08. The molecular formula is C13H19ClN2. The Morgan fingerprint density at radius 2 is 2.38 bits per heavy atom. The fourth-order valence-corrected chi connectivity index (χ4v) is 2.46. The Morgan fingerprint density at radius 1 is 1.50 bits per heavy atom. The van der Waals surface area contributed by atoms with E-state index in [0.29, 0.717) is 0 Å². The van der Waals surface area contributed by atoms with Crippen molar-refractivity contribution in [1.29, 1.82) is 0 Å². The molecule has 1 atom stereocenters. The second-order valence-electron chi connectivity index (χ2n) is 4.54. The summed E-state index contributed by atoms with van der Waals surface area (Å²) in [6, 6.07) is 2.02. The largest absolute Gasteiger partial charge is 0.352 e. The number of hydrogen-bond donors (Lipinski definition) is 1. The van der Waals surface area contributed by atoms with Crippen molar-refractivity contribution in [2.24, 2.45) is 13.0 Å². The highest BCUT2D eigenvalue weighted by molar-refractivity contribution is 6.30. The van der Waals surface area contributed by atoms with Crippen molar-refractivity contribution in [3.05, 3.63) is 35.1 Å². The van der Waals surface area contributed by atoms with Crippen LogP contribution in [0.25, 0.3) is 0 Å². The highest BCUT2D eigenvalue weighted by Crippen LogP contribution is 2.17. The first-order valence-corrected chi connectivity index (χ1v) is 6.30. The van der Waals surface area contributed by atoms with Gasteiger partial charge in [0.1, 0.15) is 0 Å². The molecule has 0 aromatic carbocycles. The number of allylic oxidation sites excluding steroid dienone is 2. The number of nitrogens with one attached hydrogen (secondary N) is 1. The number of aryl methyl sites for hydroxylation is 1. The zero-order chi connectivity index (χ0) is 11.4. The lowest BCUT2D eigenvalue weighted by Gasteiger charge is -2.18. The average Bonchev–Trinajstić information content (AvgIpc) is 2.59. The minimum Gasteiger partial charge on any atom is -0.352 e. The second-order valence-corrected chi connectivity index (χ2v) is 4.98. The Balaban J connectivity index is 1.75. The molecule has 1 aromatic rings.